The van der Waals surface area contributed by atoms with E-state index in [4.69, 9.17) is 5.73 Å². The third-order valence-corrected chi connectivity index (χ3v) is 3.14. The van der Waals surface area contributed by atoms with Crippen LogP contribution in [0.15, 0.2) is 36.9 Å². The summed E-state index contributed by atoms with van der Waals surface area (Å²) in [4.78, 5) is 8.51. The van der Waals surface area contributed by atoms with Gasteiger partial charge in [-0.05, 0) is 24.5 Å². The van der Waals surface area contributed by atoms with Gasteiger partial charge in [-0.1, -0.05) is 13.0 Å². The lowest BCUT2D eigenvalue weighted by Gasteiger charge is -2.11. The molecule has 2 N–H and O–H groups in total. The fraction of sp³-hybridized carbons (Fsp3) is 0.429. The number of rotatable bonds is 6. The van der Waals surface area contributed by atoms with E-state index in [1.54, 1.807) is 6.20 Å². The molecule has 2 aromatic heterocycles. The summed E-state index contributed by atoms with van der Waals surface area (Å²) in [7, 11) is 0. The quantitative estimate of drug-likeness (QED) is 0.843. The zero-order valence-corrected chi connectivity index (χ0v) is 10.8. The van der Waals surface area contributed by atoms with Crippen LogP contribution in [0.3, 0.4) is 0 Å². The summed E-state index contributed by atoms with van der Waals surface area (Å²) in [5.74, 6) is 1.08. The van der Waals surface area contributed by atoms with Gasteiger partial charge in [0.1, 0.15) is 5.82 Å². The molecule has 4 heteroatoms. The first-order valence-corrected chi connectivity index (χ1v) is 6.44. The van der Waals surface area contributed by atoms with Gasteiger partial charge >= 0.3 is 0 Å². The highest BCUT2D eigenvalue weighted by Gasteiger charge is 2.07. The molecule has 2 rings (SSSR count). The molecule has 0 saturated heterocycles. The molecule has 0 fully saturated rings. The summed E-state index contributed by atoms with van der Waals surface area (Å²) in [5.41, 5.74) is 7.22. The van der Waals surface area contributed by atoms with Crippen molar-refractivity contribution in [1.82, 2.24) is 14.5 Å². The molecule has 0 radical (unpaired) electrons. The van der Waals surface area contributed by atoms with Crippen LogP contribution in [0.25, 0.3) is 0 Å². The Labute approximate surface area is 108 Å². The predicted molar refractivity (Wildman–Crippen MR) is 72.1 cm³/mol. The number of nitrogens with zero attached hydrogens (tertiary/aromatic N) is 3. The zero-order chi connectivity index (χ0) is 12.8. The van der Waals surface area contributed by atoms with E-state index >= 15 is 0 Å². The van der Waals surface area contributed by atoms with E-state index in [0.29, 0.717) is 0 Å². The second-order valence-corrected chi connectivity index (χ2v) is 4.52. The van der Waals surface area contributed by atoms with Crippen molar-refractivity contribution in [1.29, 1.82) is 0 Å². The van der Waals surface area contributed by atoms with Crippen molar-refractivity contribution in [2.45, 2.75) is 38.8 Å². The highest BCUT2D eigenvalue weighted by molar-refractivity contribution is 5.08. The van der Waals surface area contributed by atoms with E-state index in [-0.39, 0.29) is 6.04 Å². The topological polar surface area (TPSA) is 56.7 Å². The van der Waals surface area contributed by atoms with Crippen LogP contribution >= 0.6 is 0 Å². The van der Waals surface area contributed by atoms with Crippen molar-refractivity contribution < 1.29 is 0 Å². The smallest absolute Gasteiger partial charge is 0.110 e. The minimum atomic E-state index is 0.199. The first-order valence-electron chi connectivity index (χ1n) is 6.44. The van der Waals surface area contributed by atoms with Crippen molar-refractivity contribution >= 4 is 0 Å². The molecule has 0 amide bonds. The maximum Gasteiger partial charge on any atom is 0.110 e. The minimum Gasteiger partial charge on any atom is -0.335 e. The van der Waals surface area contributed by atoms with Crippen molar-refractivity contribution in [2.75, 3.05) is 0 Å². The van der Waals surface area contributed by atoms with Crippen LogP contribution in [-0.4, -0.2) is 20.6 Å². The maximum absolute atomic E-state index is 5.98. The molecule has 2 heterocycles. The second kappa shape index (κ2) is 6.31. The Hall–Kier alpha value is -1.68. The molecule has 96 valence electrons. The normalized spacial score (nSPS) is 12.6. The fourth-order valence-corrected chi connectivity index (χ4v) is 1.91. The van der Waals surface area contributed by atoms with Crippen LogP contribution in [0.5, 0.6) is 0 Å². The maximum atomic E-state index is 5.98. The van der Waals surface area contributed by atoms with Gasteiger partial charge in [-0.2, -0.15) is 0 Å². The van der Waals surface area contributed by atoms with Crippen LogP contribution in [0, 0.1) is 0 Å². The van der Waals surface area contributed by atoms with Crippen LogP contribution in [0.4, 0.5) is 0 Å². The van der Waals surface area contributed by atoms with E-state index in [1.807, 2.05) is 24.7 Å². The first-order chi connectivity index (χ1) is 8.79. The Balaban J connectivity index is 1.95. The Bertz CT molecular complexity index is 464. The Kier molecular flexibility index (Phi) is 4.47. The minimum absolute atomic E-state index is 0.199. The number of aromatic nitrogens is 3. The number of hydrogen-bond acceptors (Lipinski definition) is 3. The van der Waals surface area contributed by atoms with Crippen LogP contribution < -0.4 is 5.73 Å². The largest absolute Gasteiger partial charge is 0.335 e. The SMILES string of the molecule is CCC(N)Cc1nccn1CCc1cccnc1. The van der Waals surface area contributed by atoms with Crippen LogP contribution in [0.1, 0.15) is 24.7 Å². The van der Waals surface area contributed by atoms with Gasteiger partial charge in [0.15, 0.2) is 0 Å². The van der Waals surface area contributed by atoms with Gasteiger partial charge < -0.3 is 10.3 Å². The van der Waals surface area contributed by atoms with Crippen molar-refractivity contribution in [2.24, 2.45) is 5.73 Å². The first kappa shape index (κ1) is 12.8. The van der Waals surface area contributed by atoms with Crippen molar-refractivity contribution in [3.63, 3.8) is 0 Å². The number of hydrogen-bond donors (Lipinski definition) is 1. The van der Waals surface area contributed by atoms with Gasteiger partial charge in [0.25, 0.3) is 0 Å². The molecule has 2 aromatic rings. The molecule has 0 aromatic carbocycles. The number of imidazole rings is 1. The molecule has 0 aliphatic rings. The predicted octanol–water partition coefficient (Wildman–Crippen LogP) is 1.80. The molecule has 4 nitrogen and oxygen atoms in total. The summed E-state index contributed by atoms with van der Waals surface area (Å²) in [5, 5.41) is 0. The molecular formula is C14H20N4. The summed E-state index contributed by atoms with van der Waals surface area (Å²) in [6.07, 6.45) is 10.4. The molecular weight excluding hydrogens is 224 g/mol. The van der Waals surface area contributed by atoms with Crippen LogP contribution in [0.2, 0.25) is 0 Å². The lowest BCUT2D eigenvalue weighted by atomic mass is 10.1. The zero-order valence-electron chi connectivity index (χ0n) is 10.8. The van der Waals surface area contributed by atoms with Crippen molar-refractivity contribution in [3.05, 3.63) is 48.3 Å². The van der Waals surface area contributed by atoms with Crippen LogP contribution in [-0.2, 0) is 19.4 Å². The van der Waals surface area contributed by atoms with Gasteiger partial charge in [0.2, 0.25) is 0 Å². The third kappa shape index (κ3) is 3.40. The number of nitrogens with two attached hydrogens (primary N) is 1. The third-order valence-electron chi connectivity index (χ3n) is 3.14. The molecule has 1 unspecified atom stereocenters. The summed E-state index contributed by atoms with van der Waals surface area (Å²) in [6.45, 7) is 3.03. The fourth-order valence-electron chi connectivity index (χ4n) is 1.91. The van der Waals surface area contributed by atoms with Gasteiger partial charge in [-0.3, -0.25) is 4.98 Å². The Morgan fingerprint density at radius 1 is 1.39 bits per heavy atom. The number of pyridine rings is 1. The number of aryl methyl sites for hydroxylation is 2. The average Bonchev–Trinajstić information content (AvgIpc) is 2.84. The average molecular weight is 244 g/mol. The standard InChI is InChI=1S/C14H20N4/c1-2-13(15)10-14-17-7-9-18(14)8-5-12-4-3-6-16-11-12/h3-4,6-7,9,11,13H,2,5,8,10,15H2,1H3. The molecule has 0 aliphatic heterocycles. The summed E-state index contributed by atoms with van der Waals surface area (Å²) in [6, 6.07) is 4.27. The van der Waals surface area contributed by atoms with E-state index in [9.17, 15) is 0 Å². The molecule has 1 atom stereocenters. The van der Waals surface area contributed by atoms with E-state index in [0.717, 1.165) is 31.6 Å². The molecule has 0 bridgehead atoms. The van der Waals surface area contributed by atoms with Gasteiger partial charge in [0.05, 0.1) is 0 Å². The molecule has 0 aliphatic carbocycles. The van der Waals surface area contributed by atoms with E-state index in [2.05, 4.69) is 27.5 Å². The Morgan fingerprint density at radius 2 is 2.28 bits per heavy atom. The monoisotopic (exact) mass is 244 g/mol. The van der Waals surface area contributed by atoms with Crippen molar-refractivity contribution in [3.8, 4) is 0 Å². The summed E-state index contributed by atoms with van der Waals surface area (Å²) < 4.78 is 2.18. The van der Waals surface area contributed by atoms with E-state index < -0.39 is 0 Å². The van der Waals surface area contributed by atoms with Gasteiger partial charge in [0, 0.05) is 43.8 Å². The molecule has 0 saturated carbocycles. The summed E-state index contributed by atoms with van der Waals surface area (Å²) >= 11 is 0. The van der Waals surface area contributed by atoms with Gasteiger partial charge in [-0.25, -0.2) is 4.98 Å². The molecule has 0 spiro atoms. The highest BCUT2D eigenvalue weighted by atomic mass is 15.1. The molecule has 18 heavy (non-hydrogen) atoms. The lowest BCUT2D eigenvalue weighted by Crippen LogP contribution is -2.23. The van der Waals surface area contributed by atoms with E-state index in [1.165, 1.54) is 5.56 Å². The lowest BCUT2D eigenvalue weighted by molar-refractivity contribution is 0.578. The second-order valence-electron chi connectivity index (χ2n) is 4.52. The highest BCUT2D eigenvalue weighted by Crippen LogP contribution is 2.06. The van der Waals surface area contributed by atoms with Gasteiger partial charge in [-0.15, -0.1) is 0 Å². The Morgan fingerprint density at radius 3 is 3.00 bits per heavy atom.